The van der Waals surface area contributed by atoms with Gasteiger partial charge in [-0.3, -0.25) is 4.68 Å². The van der Waals surface area contributed by atoms with Gasteiger partial charge in [0, 0.05) is 36.9 Å². The highest BCUT2D eigenvalue weighted by Gasteiger charge is 2.19. The number of halogens is 1. The molecule has 0 aliphatic rings. The Morgan fingerprint density at radius 2 is 2.00 bits per heavy atom. The second-order valence-electron chi connectivity index (χ2n) is 6.50. The molecule has 0 saturated carbocycles. The van der Waals surface area contributed by atoms with Crippen LogP contribution < -0.4 is 0 Å². The molecule has 0 aromatic carbocycles. The molecule has 0 amide bonds. The zero-order chi connectivity index (χ0) is 15.2. The lowest BCUT2D eigenvalue weighted by molar-refractivity contribution is 0.350. The van der Waals surface area contributed by atoms with Gasteiger partial charge in [-0.2, -0.15) is 10.1 Å². The Balaban J connectivity index is 2.25. The van der Waals surface area contributed by atoms with Crippen molar-refractivity contribution < 1.29 is 0 Å². The smallest absolute Gasteiger partial charge is 0.224 e. The lowest BCUT2D eigenvalue weighted by Crippen LogP contribution is -2.16. The van der Waals surface area contributed by atoms with Crippen LogP contribution in [0.15, 0.2) is 24.7 Å². The van der Waals surface area contributed by atoms with Crippen molar-refractivity contribution in [3.8, 4) is 11.3 Å². The Bertz CT molecular complexity index is 794. The number of hydrogen-bond donors (Lipinski definition) is 0. The second kappa shape index (κ2) is 4.84. The molecule has 3 heterocycles. The van der Waals surface area contributed by atoms with Crippen LogP contribution in [0.5, 0.6) is 0 Å². The van der Waals surface area contributed by atoms with Crippen molar-refractivity contribution in [3.05, 3.63) is 29.9 Å². The van der Waals surface area contributed by atoms with Crippen LogP contribution >= 0.6 is 11.6 Å². The molecule has 0 aliphatic carbocycles. The predicted octanol–water partition coefficient (Wildman–Crippen LogP) is 3.53. The molecule has 0 radical (unpaired) electrons. The fraction of sp³-hybridized carbons (Fsp3) is 0.400. The van der Waals surface area contributed by atoms with E-state index in [0.717, 1.165) is 28.8 Å². The van der Waals surface area contributed by atoms with Gasteiger partial charge >= 0.3 is 0 Å². The number of aryl methyl sites for hydroxylation is 1. The summed E-state index contributed by atoms with van der Waals surface area (Å²) in [5, 5.41) is 5.52. The zero-order valence-electron chi connectivity index (χ0n) is 12.6. The van der Waals surface area contributed by atoms with Gasteiger partial charge in [-0.05, 0) is 23.1 Å². The summed E-state index contributed by atoms with van der Waals surface area (Å²) in [6, 6.07) is 2.09. The van der Waals surface area contributed by atoms with Crippen LogP contribution in [-0.2, 0) is 13.6 Å². The van der Waals surface area contributed by atoms with E-state index < -0.39 is 0 Å². The molecule has 0 unspecified atom stereocenters. The van der Waals surface area contributed by atoms with Gasteiger partial charge in [0.1, 0.15) is 5.65 Å². The maximum absolute atomic E-state index is 5.97. The summed E-state index contributed by atoms with van der Waals surface area (Å²) in [5.41, 5.74) is 3.14. The van der Waals surface area contributed by atoms with E-state index in [0.29, 0.717) is 0 Å². The molecular weight excluding hydrogens is 286 g/mol. The number of fused-ring (bicyclic) bond motifs is 1. The minimum Gasteiger partial charge on any atom is -0.325 e. The Morgan fingerprint density at radius 3 is 2.62 bits per heavy atom. The summed E-state index contributed by atoms with van der Waals surface area (Å²) < 4.78 is 3.99. The van der Waals surface area contributed by atoms with E-state index in [-0.39, 0.29) is 10.7 Å². The van der Waals surface area contributed by atoms with Crippen LogP contribution in [0.3, 0.4) is 0 Å². The molecule has 3 rings (SSSR count). The highest BCUT2D eigenvalue weighted by atomic mass is 35.5. The van der Waals surface area contributed by atoms with Crippen molar-refractivity contribution in [3.63, 3.8) is 0 Å². The lowest BCUT2D eigenvalue weighted by atomic mass is 9.96. The first-order valence-electron chi connectivity index (χ1n) is 6.84. The van der Waals surface area contributed by atoms with Gasteiger partial charge in [0.15, 0.2) is 0 Å². The summed E-state index contributed by atoms with van der Waals surface area (Å²) >= 11 is 5.97. The minimum atomic E-state index is 0.125. The van der Waals surface area contributed by atoms with E-state index in [1.54, 1.807) is 10.9 Å². The average Bonchev–Trinajstić information content (AvgIpc) is 2.93. The molecule has 0 N–H and O–H groups in total. The van der Waals surface area contributed by atoms with E-state index >= 15 is 0 Å². The van der Waals surface area contributed by atoms with E-state index in [1.165, 1.54) is 0 Å². The highest BCUT2D eigenvalue weighted by molar-refractivity contribution is 6.28. The van der Waals surface area contributed by atoms with Crippen LogP contribution in [0.4, 0.5) is 0 Å². The van der Waals surface area contributed by atoms with Crippen molar-refractivity contribution in [1.29, 1.82) is 0 Å². The molecule has 110 valence electrons. The molecule has 3 aromatic heterocycles. The van der Waals surface area contributed by atoms with Crippen LogP contribution in [-0.4, -0.2) is 24.3 Å². The predicted molar refractivity (Wildman–Crippen MR) is 84.2 cm³/mol. The first-order valence-corrected chi connectivity index (χ1v) is 7.22. The number of aromatic nitrogens is 5. The Hall–Kier alpha value is -1.88. The summed E-state index contributed by atoms with van der Waals surface area (Å²) in [4.78, 5) is 8.48. The zero-order valence-corrected chi connectivity index (χ0v) is 13.4. The standard InChI is InChI=1S/C15H18ClN5/c1-15(2,3)9-21-12(11-7-18-20(4)8-11)5-10-6-17-14(16)19-13(10)21/h5-8H,9H2,1-4H3. The van der Waals surface area contributed by atoms with Gasteiger partial charge in [0.2, 0.25) is 5.28 Å². The molecule has 21 heavy (non-hydrogen) atoms. The van der Waals surface area contributed by atoms with Crippen LogP contribution in [0.2, 0.25) is 5.28 Å². The molecule has 0 fully saturated rings. The first kappa shape index (κ1) is 14.1. The summed E-state index contributed by atoms with van der Waals surface area (Å²) in [6.07, 6.45) is 5.63. The summed E-state index contributed by atoms with van der Waals surface area (Å²) in [5.74, 6) is 0. The quantitative estimate of drug-likeness (QED) is 0.680. The molecule has 0 saturated heterocycles. The highest BCUT2D eigenvalue weighted by Crippen LogP contribution is 2.30. The van der Waals surface area contributed by atoms with Gasteiger partial charge in [-0.25, -0.2) is 4.98 Å². The van der Waals surface area contributed by atoms with E-state index in [4.69, 9.17) is 11.6 Å². The average molecular weight is 304 g/mol. The third-order valence-corrected chi connectivity index (χ3v) is 3.42. The Labute approximate surface area is 128 Å². The summed E-state index contributed by atoms with van der Waals surface area (Å²) in [6.45, 7) is 7.45. The monoisotopic (exact) mass is 303 g/mol. The third kappa shape index (κ3) is 2.78. The van der Waals surface area contributed by atoms with Crippen molar-refractivity contribution in [2.75, 3.05) is 0 Å². The SMILES string of the molecule is Cn1cc(-c2cc3cnc(Cl)nc3n2CC(C)(C)C)cn1. The minimum absolute atomic E-state index is 0.125. The van der Waals surface area contributed by atoms with Gasteiger partial charge in [0.25, 0.3) is 0 Å². The fourth-order valence-corrected chi connectivity index (χ4v) is 2.57. The maximum Gasteiger partial charge on any atom is 0.224 e. The largest absolute Gasteiger partial charge is 0.325 e. The molecule has 0 spiro atoms. The molecule has 6 heteroatoms. The number of nitrogens with zero attached hydrogens (tertiary/aromatic N) is 5. The Kier molecular flexibility index (Phi) is 3.24. The normalized spacial score (nSPS) is 12.2. The lowest BCUT2D eigenvalue weighted by Gasteiger charge is -2.21. The van der Waals surface area contributed by atoms with E-state index in [1.807, 2.05) is 19.4 Å². The molecule has 0 bridgehead atoms. The molecule has 5 nitrogen and oxygen atoms in total. The van der Waals surface area contributed by atoms with Crippen molar-refractivity contribution >= 4 is 22.6 Å². The fourth-order valence-electron chi connectivity index (χ4n) is 2.45. The van der Waals surface area contributed by atoms with Crippen LogP contribution in [0.25, 0.3) is 22.3 Å². The van der Waals surface area contributed by atoms with E-state index in [2.05, 4.69) is 46.5 Å². The summed E-state index contributed by atoms with van der Waals surface area (Å²) in [7, 11) is 1.91. The molecular formula is C15H18ClN5. The number of hydrogen-bond acceptors (Lipinski definition) is 3. The van der Waals surface area contributed by atoms with Crippen LogP contribution in [0.1, 0.15) is 20.8 Å². The molecule has 0 aliphatic heterocycles. The van der Waals surface area contributed by atoms with Gasteiger partial charge < -0.3 is 4.57 Å². The Morgan fingerprint density at radius 1 is 1.24 bits per heavy atom. The molecule has 3 aromatic rings. The second-order valence-corrected chi connectivity index (χ2v) is 6.84. The van der Waals surface area contributed by atoms with Gasteiger partial charge in [-0.15, -0.1) is 0 Å². The van der Waals surface area contributed by atoms with Crippen molar-refractivity contribution in [1.82, 2.24) is 24.3 Å². The van der Waals surface area contributed by atoms with Gasteiger partial charge in [-0.1, -0.05) is 20.8 Å². The third-order valence-electron chi connectivity index (χ3n) is 3.24. The topological polar surface area (TPSA) is 48.5 Å². The van der Waals surface area contributed by atoms with Crippen LogP contribution in [0, 0.1) is 5.41 Å². The van der Waals surface area contributed by atoms with Crippen molar-refractivity contribution in [2.24, 2.45) is 12.5 Å². The first-order chi connectivity index (χ1) is 9.83. The van der Waals surface area contributed by atoms with Crippen molar-refractivity contribution in [2.45, 2.75) is 27.3 Å². The maximum atomic E-state index is 5.97. The van der Waals surface area contributed by atoms with Gasteiger partial charge in [0.05, 0.1) is 11.9 Å². The van der Waals surface area contributed by atoms with E-state index in [9.17, 15) is 0 Å². The molecule has 0 atom stereocenters. The number of rotatable bonds is 2.